The Morgan fingerprint density at radius 2 is 1.82 bits per heavy atom. The van der Waals surface area contributed by atoms with Gasteiger partial charge in [0.25, 0.3) is 0 Å². The molecule has 2 N–H and O–H groups in total. The van der Waals surface area contributed by atoms with Gasteiger partial charge in [-0.1, -0.05) is 26.0 Å². The van der Waals surface area contributed by atoms with E-state index in [4.69, 9.17) is 10.5 Å². The summed E-state index contributed by atoms with van der Waals surface area (Å²) in [5.74, 6) is 0.922. The third-order valence-electron chi connectivity index (χ3n) is 2.81. The smallest absolute Gasteiger partial charge is 0.226 e. The predicted molar refractivity (Wildman–Crippen MR) is 69.0 cm³/mol. The number of benzene rings is 1. The zero-order valence-electron chi connectivity index (χ0n) is 11.0. The number of nitrogens with two attached hydrogens (primary N) is 1. The van der Waals surface area contributed by atoms with E-state index >= 15 is 0 Å². The zero-order chi connectivity index (χ0) is 13.1. The standard InChI is InChI=1S/C14H21NO2/c1-10(2)11-5-7-12(8-6-11)17-9-14(3,4)13(15)16/h5-8,10H,9H2,1-4H3,(H2,15,16). The highest BCUT2D eigenvalue weighted by molar-refractivity contribution is 5.80. The van der Waals surface area contributed by atoms with Crippen LogP contribution in [0.2, 0.25) is 0 Å². The minimum Gasteiger partial charge on any atom is -0.492 e. The quantitative estimate of drug-likeness (QED) is 0.853. The molecule has 17 heavy (non-hydrogen) atoms. The van der Waals surface area contributed by atoms with Gasteiger partial charge in [-0.05, 0) is 37.5 Å². The molecule has 0 saturated heterocycles. The van der Waals surface area contributed by atoms with Crippen LogP contribution in [0, 0.1) is 5.41 Å². The van der Waals surface area contributed by atoms with E-state index in [0.717, 1.165) is 5.75 Å². The Morgan fingerprint density at radius 3 is 2.24 bits per heavy atom. The van der Waals surface area contributed by atoms with Gasteiger partial charge in [-0.25, -0.2) is 0 Å². The summed E-state index contributed by atoms with van der Waals surface area (Å²) in [5.41, 5.74) is 5.91. The molecule has 0 unspecified atom stereocenters. The van der Waals surface area contributed by atoms with Crippen LogP contribution >= 0.6 is 0 Å². The molecule has 0 aliphatic heterocycles. The second kappa shape index (κ2) is 5.21. The maximum absolute atomic E-state index is 11.1. The summed E-state index contributed by atoms with van der Waals surface area (Å²) in [6, 6.07) is 7.92. The lowest BCUT2D eigenvalue weighted by Gasteiger charge is -2.20. The molecule has 1 aromatic rings. The van der Waals surface area contributed by atoms with Crippen LogP contribution in [0.1, 0.15) is 39.2 Å². The van der Waals surface area contributed by atoms with Gasteiger partial charge in [0.1, 0.15) is 12.4 Å². The number of rotatable bonds is 5. The molecular formula is C14H21NO2. The second-order valence-electron chi connectivity index (χ2n) is 5.26. The lowest BCUT2D eigenvalue weighted by atomic mass is 9.94. The van der Waals surface area contributed by atoms with Crippen molar-refractivity contribution in [3.8, 4) is 5.75 Å². The van der Waals surface area contributed by atoms with Gasteiger partial charge < -0.3 is 10.5 Å². The third kappa shape index (κ3) is 3.77. The molecule has 0 aliphatic carbocycles. The number of ether oxygens (including phenoxy) is 1. The van der Waals surface area contributed by atoms with Gasteiger partial charge in [0.15, 0.2) is 0 Å². The fourth-order valence-electron chi connectivity index (χ4n) is 1.28. The summed E-state index contributed by atoms with van der Waals surface area (Å²) in [5, 5.41) is 0. The topological polar surface area (TPSA) is 52.3 Å². The molecule has 0 fully saturated rings. The van der Waals surface area contributed by atoms with Gasteiger partial charge in [-0.2, -0.15) is 0 Å². The van der Waals surface area contributed by atoms with Gasteiger partial charge >= 0.3 is 0 Å². The van der Waals surface area contributed by atoms with Gasteiger partial charge in [-0.15, -0.1) is 0 Å². The van der Waals surface area contributed by atoms with Crippen molar-refractivity contribution in [3.63, 3.8) is 0 Å². The van der Waals surface area contributed by atoms with Crippen LogP contribution in [-0.4, -0.2) is 12.5 Å². The first-order valence-electron chi connectivity index (χ1n) is 5.85. The first-order chi connectivity index (χ1) is 7.83. The minimum atomic E-state index is -0.642. The monoisotopic (exact) mass is 235 g/mol. The zero-order valence-corrected chi connectivity index (χ0v) is 11.0. The molecule has 94 valence electrons. The van der Waals surface area contributed by atoms with Crippen molar-refractivity contribution < 1.29 is 9.53 Å². The van der Waals surface area contributed by atoms with Gasteiger partial charge in [0.2, 0.25) is 5.91 Å². The molecular weight excluding hydrogens is 214 g/mol. The highest BCUT2D eigenvalue weighted by Gasteiger charge is 2.25. The summed E-state index contributed by atoms with van der Waals surface area (Å²) < 4.78 is 5.57. The van der Waals surface area contributed by atoms with Crippen LogP contribution in [0.3, 0.4) is 0 Å². The molecule has 0 atom stereocenters. The molecule has 1 rings (SSSR count). The average Bonchev–Trinajstić information content (AvgIpc) is 2.27. The van der Waals surface area contributed by atoms with E-state index in [2.05, 4.69) is 13.8 Å². The van der Waals surface area contributed by atoms with Crippen molar-refractivity contribution in [2.75, 3.05) is 6.61 Å². The lowest BCUT2D eigenvalue weighted by molar-refractivity contribution is -0.127. The number of primary amides is 1. The van der Waals surface area contributed by atoms with Crippen LogP contribution in [-0.2, 0) is 4.79 Å². The highest BCUT2D eigenvalue weighted by Crippen LogP contribution is 2.21. The molecule has 3 nitrogen and oxygen atoms in total. The maximum Gasteiger partial charge on any atom is 0.226 e. The van der Waals surface area contributed by atoms with Crippen LogP contribution in [0.25, 0.3) is 0 Å². The summed E-state index contributed by atoms with van der Waals surface area (Å²) in [6.45, 7) is 8.14. The Kier molecular flexibility index (Phi) is 4.16. The lowest BCUT2D eigenvalue weighted by Crippen LogP contribution is -2.36. The third-order valence-corrected chi connectivity index (χ3v) is 2.81. The van der Waals surface area contributed by atoms with E-state index in [1.54, 1.807) is 13.8 Å². The summed E-state index contributed by atoms with van der Waals surface area (Å²) in [4.78, 5) is 11.1. The first-order valence-corrected chi connectivity index (χ1v) is 5.85. The van der Waals surface area contributed by atoms with Crippen LogP contribution in [0.15, 0.2) is 24.3 Å². The van der Waals surface area contributed by atoms with Crippen molar-refractivity contribution in [3.05, 3.63) is 29.8 Å². The van der Waals surface area contributed by atoms with E-state index in [-0.39, 0.29) is 5.91 Å². The highest BCUT2D eigenvalue weighted by atomic mass is 16.5. The van der Waals surface area contributed by atoms with Crippen molar-refractivity contribution in [1.29, 1.82) is 0 Å². The van der Waals surface area contributed by atoms with E-state index in [9.17, 15) is 4.79 Å². The van der Waals surface area contributed by atoms with E-state index in [0.29, 0.717) is 12.5 Å². The second-order valence-corrected chi connectivity index (χ2v) is 5.26. The van der Waals surface area contributed by atoms with Crippen molar-refractivity contribution in [2.45, 2.75) is 33.6 Å². The molecule has 0 heterocycles. The van der Waals surface area contributed by atoms with Crippen LogP contribution in [0.5, 0.6) is 5.75 Å². The number of hydrogen-bond acceptors (Lipinski definition) is 2. The van der Waals surface area contributed by atoms with Gasteiger partial charge in [0, 0.05) is 0 Å². The van der Waals surface area contributed by atoms with Crippen molar-refractivity contribution >= 4 is 5.91 Å². The maximum atomic E-state index is 11.1. The Hall–Kier alpha value is -1.51. The van der Waals surface area contributed by atoms with Crippen molar-refractivity contribution in [1.82, 2.24) is 0 Å². The Labute approximate surface area is 103 Å². The molecule has 0 saturated carbocycles. The van der Waals surface area contributed by atoms with Crippen LogP contribution < -0.4 is 10.5 Å². The molecule has 0 radical (unpaired) electrons. The number of hydrogen-bond donors (Lipinski definition) is 1. The molecule has 3 heteroatoms. The Balaban J connectivity index is 2.62. The molecule has 0 aromatic heterocycles. The fraction of sp³-hybridized carbons (Fsp3) is 0.500. The summed E-state index contributed by atoms with van der Waals surface area (Å²) >= 11 is 0. The predicted octanol–water partition coefficient (Wildman–Crippen LogP) is 2.70. The molecule has 1 aromatic carbocycles. The van der Waals surface area contributed by atoms with Crippen LogP contribution in [0.4, 0.5) is 0 Å². The first kappa shape index (κ1) is 13.6. The number of carbonyl (C=O) groups excluding carboxylic acids is 1. The molecule has 1 amide bonds. The summed E-state index contributed by atoms with van der Waals surface area (Å²) in [6.07, 6.45) is 0. The molecule has 0 bridgehead atoms. The van der Waals surface area contributed by atoms with Crippen molar-refractivity contribution in [2.24, 2.45) is 11.1 Å². The fourth-order valence-corrected chi connectivity index (χ4v) is 1.28. The summed E-state index contributed by atoms with van der Waals surface area (Å²) in [7, 11) is 0. The largest absolute Gasteiger partial charge is 0.492 e. The average molecular weight is 235 g/mol. The molecule has 0 aliphatic rings. The Bertz CT molecular complexity index is 380. The van der Waals surface area contributed by atoms with Gasteiger partial charge in [-0.3, -0.25) is 4.79 Å². The van der Waals surface area contributed by atoms with E-state index in [1.165, 1.54) is 5.56 Å². The number of amides is 1. The van der Waals surface area contributed by atoms with E-state index < -0.39 is 5.41 Å². The Morgan fingerprint density at radius 1 is 1.29 bits per heavy atom. The van der Waals surface area contributed by atoms with E-state index in [1.807, 2.05) is 24.3 Å². The normalized spacial score (nSPS) is 11.6. The minimum absolute atomic E-state index is 0.295. The van der Waals surface area contributed by atoms with Gasteiger partial charge in [0.05, 0.1) is 5.41 Å². The number of carbonyl (C=O) groups is 1. The SMILES string of the molecule is CC(C)c1ccc(OCC(C)(C)C(N)=O)cc1. The molecule has 0 spiro atoms.